The normalized spacial score (nSPS) is 12.1. The monoisotopic (exact) mass is 415 g/mol. The number of nitrogens with one attached hydrogen (secondary N) is 1. The summed E-state index contributed by atoms with van der Waals surface area (Å²) in [7, 11) is 0. The Bertz CT molecular complexity index is 1120. The standard InChI is InChI=1S/C20H21N3O5S/c1-4-11(2)9-15-12(3)29-19-17(15)18(24)21-16(22-19)10-28-20(25)13-5-7-14(8-6-13)23(26)27/h5-8,11H,4,9-10H2,1-3H3,(H,21,22,24)/t11-/m1/s1. The fraction of sp³-hybridized carbons (Fsp3) is 0.350. The van der Waals surface area contributed by atoms with Crippen molar-refractivity contribution in [3.05, 3.63) is 66.6 Å². The summed E-state index contributed by atoms with van der Waals surface area (Å²) < 4.78 is 5.20. The Labute approximate surface area is 170 Å². The van der Waals surface area contributed by atoms with E-state index in [1.54, 1.807) is 0 Å². The van der Waals surface area contributed by atoms with Crippen LogP contribution >= 0.6 is 11.3 Å². The van der Waals surface area contributed by atoms with Crippen molar-refractivity contribution >= 4 is 33.2 Å². The van der Waals surface area contributed by atoms with Crippen molar-refractivity contribution < 1.29 is 14.5 Å². The fourth-order valence-electron chi connectivity index (χ4n) is 2.96. The second kappa shape index (κ2) is 8.52. The van der Waals surface area contributed by atoms with Crippen LogP contribution in [0.15, 0.2) is 29.1 Å². The van der Waals surface area contributed by atoms with E-state index < -0.39 is 10.9 Å². The van der Waals surface area contributed by atoms with Gasteiger partial charge >= 0.3 is 5.97 Å². The molecule has 1 N–H and O–H groups in total. The predicted octanol–water partition coefficient (Wildman–Crippen LogP) is 4.15. The Morgan fingerprint density at radius 2 is 2.03 bits per heavy atom. The number of carbonyl (C=O) groups is 1. The quantitative estimate of drug-likeness (QED) is 0.352. The van der Waals surface area contributed by atoms with Crippen LogP contribution in [0.25, 0.3) is 10.2 Å². The van der Waals surface area contributed by atoms with E-state index in [1.807, 2.05) is 6.92 Å². The number of hydrogen-bond acceptors (Lipinski definition) is 7. The van der Waals surface area contributed by atoms with Gasteiger partial charge in [-0.1, -0.05) is 20.3 Å². The highest BCUT2D eigenvalue weighted by Gasteiger charge is 2.17. The number of nitrogens with zero attached hydrogens (tertiary/aromatic N) is 2. The highest BCUT2D eigenvalue weighted by atomic mass is 32.1. The van der Waals surface area contributed by atoms with Gasteiger partial charge in [0.2, 0.25) is 0 Å². The summed E-state index contributed by atoms with van der Waals surface area (Å²) in [5.74, 6) is 0.0739. The van der Waals surface area contributed by atoms with Crippen LogP contribution in [-0.4, -0.2) is 20.9 Å². The van der Waals surface area contributed by atoms with Crippen molar-refractivity contribution in [2.75, 3.05) is 0 Å². The third-order valence-corrected chi connectivity index (χ3v) is 5.86. The van der Waals surface area contributed by atoms with E-state index in [1.165, 1.54) is 35.6 Å². The molecule has 2 heterocycles. The Morgan fingerprint density at radius 3 is 2.66 bits per heavy atom. The number of non-ortho nitro benzene ring substituents is 1. The van der Waals surface area contributed by atoms with Crippen molar-refractivity contribution in [2.45, 2.75) is 40.2 Å². The minimum Gasteiger partial charge on any atom is -0.454 e. The first kappa shape index (κ1) is 20.7. The van der Waals surface area contributed by atoms with Gasteiger partial charge in [0, 0.05) is 17.0 Å². The summed E-state index contributed by atoms with van der Waals surface area (Å²) in [6, 6.07) is 5.11. The predicted molar refractivity (Wildman–Crippen MR) is 110 cm³/mol. The van der Waals surface area contributed by atoms with Crippen molar-refractivity contribution in [2.24, 2.45) is 5.92 Å². The van der Waals surface area contributed by atoms with E-state index in [0.29, 0.717) is 16.1 Å². The van der Waals surface area contributed by atoms with Gasteiger partial charge in [-0.2, -0.15) is 0 Å². The van der Waals surface area contributed by atoms with Gasteiger partial charge in [-0.25, -0.2) is 9.78 Å². The third kappa shape index (κ3) is 4.51. The summed E-state index contributed by atoms with van der Waals surface area (Å²) in [5, 5.41) is 11.3. The second-order valence-electron chi connectivity index (χ2n) is 6.93. The van der Waals surface area contributed by atoms with E-state index in [9.17, 15) is 19.7 Å². The number of hydrogen-bond donors (Lipinski definition) is 1. The number of carbonyl (C=O) groups excluding carboxylic acids is 1. The number of benzene rings is 1. The zero-order valence-corrected chi connectivity index (χ0v) is 17.2. The van der Waals surface area contributed by atoms with Gasteiger partial charge in [-0.05, 0) is 37.0 Å². The van der Waals surface area contributed by atoms with Crippen LogP contribution in [0.4, 0.5) is 5.69 Å². The summed E-state index contributed by atoms with van der Waals surface area (Å²) in [4.78, 5) is 43.8. The summed E-state index contributed by atoms with van der Waals surface area (Å²) in [6.45, 7) is 6.06. The molecule has 3 rings (SSSR count). The Morgan fingerprint density at radius 1 is 1.34 bits per heavy atom. The lowest BCUT2D eigenvalue weighted by atomic mass is 9.98. The highest BCUT2D eigenvalue weighted by molar-refractivity contribution is 7.18. The van der Waals surface area contributed by atoms with E-state index in [-0.39, 0.29) is 29.2 Å². The molecule has 0 saturated heterocycles. The van der Waals surface area contributed by atoms with Crippen molar-refractivity contribution in [1.82, 2.24) is 9.97 Å². The van der Waals surface area contributed by atoms with Crippen molar-refractivity contribution in [3.63, 3.8) is 0 Å². The molecular formula is C20H21N3O5S. The van der Waals surface area contributed by atoms with Crippen LogP contribution in [0.1, 0.15) is 46.9 Å². The molecule has 1 atom stereocenters. The number of aromatic amines is 1. The van der Waals surface area contributed by atoms with Crippen molar-refractivity contribution in [3.8, 4) is 0 Å². The number of aryl methyl sites for hydroxylation is 1. The van der Waals surface area contributed by atoms with Crippen LogP contribution in [0, 0.1) is 23.0 Å². The molecule has 152 valence electrons. The maximum Gasteiger partial charge on any atom is 0.338 e. The largest absolute Gasteiger partial charge is 0.454 e. The lowest BCUT2D eigenvalue weighted by Crippen LogP contribution is -2.15. The molecule has 0 aliphatic rings. The Kier molecular flexibility index (Phi) is 6.07. The zero-order valence-electron chi connectivity index (χ0n) is 16.4. The average molecular weight is 415 g/mol. The first-order chi connectivity index (χ1) is 13.8. The van der Waals surface area contributed by atoms with Gasteiger partial charge in [0.05, 0.1) is 15.9 Å². The van der Waals surface area contributed by atoms with E-state index >= 15 is 0 Å². The molecular weight excluding hydrogens is 394 g/mol. The molecule has 2 aromatic heterocycles. The number of H-pyrrole nitrogens is 1. The zero-order chi connectivity index (χ0) is 21.1. The maximum atomic E-state index is 12.6. The fourth-order valence-corrected chi connectivity index (χ4v) is 4.04. The average Bonchev–Trinajstić information content (AvgIpc) is 3.01. The van der Waals surface area contributed by atoms with Gasteiger partial charge in [0.15, 0.2) is 0 Å². The number of ether oxygens (including phenoxy) is 1. The number of aromatic nitrogens is 2. The van der Waals surface area contributed by atoms with E-state index in [0.717, 1.165) is 23.3 Å². The molecule has 0 radical (unpaired) electrons. The van der Waals surface area contributed by atoms with E-state index in [2.05, 4.69) is 23.8 Å². The molecule has 0 amide bonds. The first-order valence-corrected chi connectivity index (χ1v) is 10.0. The Balaban J connectivity index is 1.78. The smallest absolute Gasteiger partial charge is 0.338 e. The summed E-state index contributed by atoms with van der Waals surface area (Å²) in [6.07, 6.45) is 1.85. The van der Waals surface area contributed by atoms with Crippen molar-refractivity contribution in [1.29, 1.82) is 0 Å². The molecule has 0 fully saturated rings. The molecule has 0 unspecified atom stereocenters. The Hall–Kier alpha value is -3.07. The third-order valence-electron chi connectivity index (χ3n) is 4.82. The minimum atomic E-state index is -0.650. The SMILES string of the molecule is CC[C@@H](C)Cc1c(C)sc2nc(COC(=O)c3ccc([N+](=O)[O-])cc3)[nH]c(=O)c12. The minimum absolute atomic E-state index is 0.112. The van der Waals surface area contributed by atoms with Gasteiger partial charge in [0.25, 0.3) is 11.2 Å². The topological polar surface area (TPSA) is 115 Å². The van der Waals surface area contributed by atoms with E-state index in [4.69, 9.17) is 4.74 Å². The lowest BCUT2D eigenvalue weighted by Gasteiger charge is -2.08. The van der Waals surface area contributed by atoms with Gasteiger partial charge in [0.1, 0.15) is 17.3 Å². The van der Waals surface area contributed by atoms with Crippen LogP contribution < -0.4 is 5.56 Å². The molecule has 8 nitrogen and oxygen atoms in total. The summed E-state index contributed by atoms with van der Waals surface area (Å²) in [5.41, 5.74) is 0.864. The molecule has 0 spiro atoms. The van der Waals surface area contributed by atoms with Crippen LogP contribution in [-0.2, 0) is 17.8 Å². The molecule has 0 bridgehead atoms. The van der Waals surface area contributed by atoms with Crippen LogP contribution in [0.2, 0.25) is 0 Å². The number of rotatable bonds is 7. The number of nitro benzene ring substituents is 1. The molecule has 3 aromatic rings. The number of nitro groups is 1. The van der Waals surface area contributed by atoms with Gasteiger partial charge in [-0.3, -0.25) is 14.9 Å². The van der Waals surface area contributed by atoms with Crippen LogP contribution in [0.5, 0.6) is 0 Å². The second-order valence-corrected chi connectivity index (χ2v) is 8.13. The highest BCUT2D eigenvalue weighted by Crippen LogP contribution is 2.29. The van der Waals surface area contributed by atoms with Gasteiger partial charge in [-0.15, -0.1) is 11.3 Å². The van der Waals surface area contributed by atoms with Crippen LogP contribution in [0.3, 0.4) is 0 Å². The molecule has 9 heteroatoms. The number of fused-ring (bicyclic) bond motifs is 1. The molecule has 0 saturated carbocycles. The first-order valence-electron chi connectivity index (χ1n) is 9.22. The molecule has 1 aromatic carbocycles. The molecule has 29 heavy (non-hydrogen) atoms. The number of thiophene rings is 1. The lowest BCUT2D eigenvalue weighted by molar-refractivity contribution is -0.384. The molecule has 0 aliphatic carbocycles. The number of esters is 1. The maximum absolute atomic E-state index is 12.6. The molecule has 0 aliphatic heterocycles. The van der Waals surface area contributed by atoms with Gasteiger partial charge < -0.3 is 9.72 Å². The summed E-state index contributed by atoms with van der Waals surface area (Å²) >= 11 is 1.46.